The molecule has 0 spiro atoms. The van der Waals surface area contributed by atoms with E-state index in [-0.39, 0.29) is 5.57 Å². The Kier molecular flexibility index (Phi) is 5.08. The van der Waals surface area contributed by atoms with Gasteiger partial charge in [-0.3, -0.25) is 0 Å². The summed E-state index contributed by atoms with van der Waals surface area (Å²) in [6, 6.07) is 7.14. The third-order valence-corrected chi connectivity index (χ3v) is 5.62. The fourth-order valence-corrected chi connectivity index (χ4v) is 3.87. The van der Waals surface area contributed by atoms with Crippen molar-refractivity contribution in [3.8, 4) is 17.7 Å². The first-order chi connectivity index (χ1) is 14.4. The maximum Gasteiger partial charge on any atom is 0.334 e. The number of benzene rings is 1. The summed E-state index contributed by atoms with van der Waals surface area (Å²) in [6.07, 6.45) is 4.01. The molecule has 0 radical (unpaired) electrons. The van der Waals surface area contributed by atoms with Crippen LogP contribution in [0.4, 0.5) is 5.69 Å². The van der Waals surface area contributed by atoms with Crippen LogP contribution >= 0.6 is 0 Å². The van der Waals surface area contributed by atoms with Crippen LogP contribution in [0.1, 0.15) is 47.9 Å². The van der Waals surface area contributed by atoms with Crippen molar-refractivity contribution in [3.05, 3.63) is 57.9 Å². The third kappa shape index (κ3) is 3.45. The maximum atomic E-state index is 12.3. The molecule has 1 aromatic heterocycles. The molecule has 1 aliphatic carbocycles. The Labute approximate surface area is 175 Å². The number of aryl methyl sites for hydroxylation is 1. The number of carboxylic acids is 1. The van der Waals surface area contributed by atoms with Crippen molar-refractivity contribution in [2.24, 2.45) is 5.92 Å². The first-order valence-electron chi connectivity index (χ1n) is 9.86. The summed E-state index contributed by atoms with van der Waals surface area (Å²) in [5.41, 5.74) is 4.22. The minimum absolute atomic E-state index is 0.203. The molecule has 2 heterocycles. The highest BCUT2D eigenvalue weighted by molar-refractivity contribution is 5.94. The van der Waals surface area contributed by atoms with Crippen molar-refractivity contribution in [2.75, 3.05) is 19.0 Å². The van der Waals surface area contributed by atoms with E-state index in [2.05, 4.69) is 16.4 Å². The van der Waals surface area contributed by atoms with E-state index in [0.717, 1.165) is 24.1 Å². The van der Waals surface area contributed by atoms with Gasteiger partial charge < -0.3 is 19.9 Å². The van der Waals surface area contributed by atoms with Gasteiger partial charge in [0.25, 0.3) is 0 Å². The van der Waals surface area contributed by atoms with Crippen LogP contribution in [0.25, 0.3) is 0 Å². The van der Waals surface area contributed by atoms with E-state index in [1.54, 1.807) is 31.3 Å². The molecule has 7 nitrogen and oxygen atoms in total. The molecule has 1 saturated carbocycles. The van der Waals surface area contributed by atoms with Crippen molar-refractivity contribution in [2.45, 2.75) is 32.6 Å². The van der Waals surface area contributed by atoms with Gasteiger partial charge in [0.2, 0.25) is 5.88 Å². The van der Waals surface area contributed by atoms with Crippen LogP contribution < -0.4 is 14.8 Å². The third-order valence-electron chi connectivity index (χ3n) is 5.62. The summed E-state index contributed by atoms with van der Waals surface area (Å²) in [7, 11) is 1.51. The van der Waals surface area contributed by atoms with Crippen LogP contribution in [-0.4, -0.2) is 29.8 Å². The first kappa shape index (κ1) is 19.8. The molecule has 4 rings (SSSR count). The van der Waals surface area contributed by atoms with Crippen LogP contribution in [0.3, 0.4) is 0 Å². The van der Waals surface area contributed by atoms with Crippen molar-refractivity contribution in [3.63, 3.8) is 0 Å². The maximum absolute atomic E-state index is 12.3. The second-order valence-corrected chi connectivity index (χ2v) is 7.76. The summed E-state index contributed by atoms with van der Waals surface area (Å²) in [5.74, 6) is -0.273. The first-order valence-corrected chi connectivity index (χ1v) is 9.86. The number of nitriles is 1. The van der Waals surface area contributed by atoms with E-state index in [1.165, 1.54) is 7.11 Å². The molecule has 154 valence electrons. The number of nitrogens with one attached hydrogen (secondary N) is 1. The van der Waals surface area contributed by atoms with Crippen molar-refractivity contribution in [1.29, 1.82) is 5.26 Å². The fraction of sp³-hybridized carbons (Fsp3) is 0.348. The molecule has 1 aromatic carbocycles. The number of hydrogen-bond donors (Lipinski definition) is 2. The predicted octanol–water partition coefficient (Wildman–Crippen LogP) is 3.98. The van der Waals surface area contributed by atoms with E-state index < -0.39 is 11.9 Å². The monoisotopic (exact) mass is 405 g/mol. The van der Waals surface area contributed by atoms with Crippen LogP contribution in [0.5, 0.6) is 11.6 Å². The number of methoxy groups -OCH3 is 1. The Morgan fingerprint density at radius 1 is 1.37 bits per heavy atom. The molecule has 1 fully saturated rings. The van der Waals surface area contributed by atoms with E-state index in [0.29, 0.717) is 46.5 Å². The topological polar surface area (TPSA) is 104 Å². The molecule has 7 heteroatoms. The van der Waals surface area contributed by atoms with Crippen LogP contribution in [0, 0.1) is 24.2 Å². The Balaban J connectivity index is 1.95. The second kappa shape index (κ2) is 7.71. The zero-order valence-electron chi connectivity index (χ0n) is 17.2. The van der Waals surface area contributed by atoms with Crippen molar-refractivity contribution >= 4 is 11.7 Å². The zero-order chi connectivity index (χ0) is 21.4. The van der Waals surface area contributed by atoms with Gasteiger partial charge >= 0.3 is 5.97 Å². The quantitative estimate of drug-likeness (QED) is 0.749. The van der Waals surface area contributed by atoms with Gasteiger partial charge in [0, 0.05) is 17.5 Å². The molecule has 0 saturated heterocycles. The highest BCUT2D eigenvalue weighted by atomic mass is 16.5. The summed E-state index contributed by atoms with van der Waals surface area (Å²) in [5, 5.41) is 22.6. The number of aromatic nitrogens is 1. The largest absolute Gasteiger partial charge is 0.496 e. The van der Waals surface area contributed by atoms with Gasteiger partial charge in [-0.05, 0) is 50.3 Å². The summed E-state index contributed by atoms with van der Waals surface area (Å²) >= 11 is 0. The van der Waals surface area contributed by atoms with Crippen LogP contribution in [0.15, 0.2) is 35.7 Å². The number of fused-ring (bicyclic) bond motifs is 1. The standard InChI is InChI=1S/C23H23N3O4/c1-12-10-25-22(30-11-14-4-5-14)20-19(18(23(27)28)13(2)26-21(12)20)16-7-6-15(9-24)8-17(16)29-3/h6-8,10,14,19,26H,4-5,11H2,1-3H3,(H,27,28). The van der Waals surface area contributed by atoms with Gasteiger partial charge in [-0.15, -0.1) is 0 Å². The number of anilines is 1. The van der Waals surface area contributed by atoms with Gasteiger partial charge in [-0.2, -0.15) is 5.26 Å². The summed E-state index contributed by atoms with van der Waals surface area (Å²) in [4.78, 5) is 16.8. The Morgan fingerprint density at radius 2 is 2.13 bits per heavy atom. The normalized spacial score (nSPS) is 17.6. The molecular formula is C23H23N3O4. The number of carbonyl (C=O) groups is 1. The van der Waals surface area contributed by atoms with Crippen LogP contribution in [-0.2, 0) is 4.79 Å². The number of aliphatic carboxylic acids is 1. The number of rotatable bonds is 6. The average molecular weight is 405 g/mol. The number of hydrogen-bond acceptors (Lipinski definition) is 6. The van der Waals surface area contributed by atoms with E-state index in [1.807, 2.05) is 6.92 Å². The highest BCUT2D eigenvalue weighted by Crippen LogP contribution is 2.49. The number of pyridine rings is 1. The fourth-order valence-electron chi connectivity index (χ4n) is 3.87. The molecule has 0 amide bonds. The SMILES string of the molecule is COc1cc(C#N)ccc1C1C(C(=O)O)=C(C)Nc2c(C)cnc(OCC3CC3)c21. The molecule has 0 bridgehead atoms. The Bertz CT molecular complexity index is 1100. The Morgan fingerprint density at radius 3 is 2.77 bits per heavy atom. The number of ether oxygens (including phenoxy) is 2. The molecule has 2 aromatic rings. The lowest BCUT2D eigenvalue weighted by molar-refractivity contribution is -0.133. The zero-order valence-corrected chi connectivity index (χ0v) is 17.2. The molecule has 30 heavy (non-hydrogen) atoms. The lowest BCUT2D eigenvalue weighted by Crippen LogP contribution is -2.25. The second-order valence-electron chi connectivity index (χ2n) is 7.76. The van der Waals surface area contributed by atoms with Gasteiger partial charge in [-0.1, -0.05) is 6.07 Å². The van der Waals surface area contributed by atoms with Crippen molar-refractivity contribution < 1.29 is 19.4 Å². The van der Waals surface area contributed by atoms with Crippen molar-refractivity contribution in [1.82, 2.24) is 4.98 Å². The number of carboxylic acid groups (broad SMARTS) is 1. The highest BCUT2D eigenvalue weighted by Gasteiger charge is 2.38. The minimum atomic E-state index is -1.03. The van der Waals surface area contributed by atoms with Gasteiger partial charge in [0.1, 0.15) is 5.75 Å². The van der Waals surface area contributed by atoms with Crippen LogP contribution in [0.2, 0.25) is 0 Å². The van der Waals surface area contributed by atoms with Gasteiger partial charge in [-0.25, -0.2) is 9.78 Å². The molecule has 2 N–H and O–H groups in total. The number of nitrogens with zero attached hydrogens (tertiary/aromatic N) is 2. The van der Waals surface area contributed by atoms with E-state index in [9.17, 15) is 15.2 Å². The van der Waals surface area contributed by atoms with Gasteiger partial charge in [0.05, 0.1) is 48.1 Å². The smallest absolute Gasteiger partial charge is 0.334 e. The molecular weight excluding hydrogens is 382 g/mol. The lowest BCUT2D eigenvalue weighted by atomic mass is 9.80. The minimum Gasteiger partial charge on any atom is -0.496 e. The molecule has 1 aliphatic heterocycles. The average Bonchev–Trinajstić information content (AvgIpc) is 3.56. The Hall–Kier alpha value is -3.53. The number of allylic oxidation sites excluding steroid dienone is 1. The summed E-state index contributed by atoms with van der Waals surface area (Å²) < 4.78 is 11.6. The molecule has 1 unspecified atom stereocenters. The summed E-state index contributed by atoms with van der Waals surface area (Å²) in [6.45, 7) is 4.24. The van der Waals surface area contributed by atoms with E-state index >= 15 is 0 Å². The predicted molar refractivity (Wildman–Crippen MR) is 111 cm³/mol. The van der Waals surface area contributed by atoms with Gasteiger partial charge in [0.15, 0.2) is 0 Å². The molecule has 2 aliphatic rings. The lowest BCUT2D eigenvalue weighted by Gasteiger charge is -2.32. The molecule has 1 atom stereocenters. The van der Waals surface area contributed by atoms with E-state index in [4.69, 9.17) is 9.47 Å².